The number of benzene rings is 1. The van der Waals surface area contributed by atoms with Gasteiger partial charge in [-0.05, 0) is 37.3 Å². The van der Waals surface area contributed by atoms with E-state index in [-0.39, 0.29) is 15.7 Å². The smallest absolute Gasteiger partial charge is 0.289 e. The Labute approximate surface area is 174 Å². The van der Waals surface area contributed by atoms with Crippen LogP contribution in [-0.2, 0) is 0 Å². The molecule has 12 heteroatoms. The highest BCUT2D eigenvalue weighted by molar-refractivity contribution is 7.80. The summed E-state index contributed by atoms with van der Waals surface area (Å²) >= 11 is 17.2. The molecule has 0 unspecified atom stereocenters. The van der Waals surface area contributed by atoms with Gasteiger partial charge >= 0.3 is 0 Å². The number of rotatable bonds is 5. The van der Waals surface area contributed by atoms with Gasteiger partial charge in [-0.3, -0.25) is 10.1 Å². The average Bonchev–Trinajstić information content (AvgIpc) is 2.64. The van der Waals surface area contributed by atoms with E-state index in [0.717, 1.165) is 0 Å². The van der Waals surface area contributed by atoms with E-state index in [1.807, 2.05) is 6.92 Å². The van der Waals surface area contributed by atoms with Crippen molar-refractivity contribution in [3.63, 3.8) is 0 Å². The van der Waals surface area contributed by atoms with Crippen LogP contribution in [0.1, 0.15) is 6.92 Å². The number of pyridine rings is 1. The van der Waals surface area contributed by atoms with Gasteiger partial charge in [0.15, 0.2) is 16.6 Å². The number of thiocarbonyl (C=S) groups is 1. The lowest BCUT2D eigenvalue weighted by molar-refractivity contribution is -0.384. The molecule has 0 spiro atoms. The van der Waals surface area contributed by atoms with Crippen molar-refractivity contribution in [1.29, 1.82) is 0 Å². The first kappa shape index (κ1) is 19.9. The molecule has 0 bridgehead atoms. The summed E-state index contributed by atoms with van der Waals surface area (Å²) in [5, 5.41) is 20.3. The van der Waals surface area contributed by atoms with E-state index in [4.69, 9.17) is 35.4 Å². The molecule has 0 amide bonds. The van der Waals surface area contributed by atoms with Gasteiger partial charge < -0.3 is 16.0 Å². The third-order valence-electron chi connectivity index (χ3n) is 3.48. The van der Waals surface area contributed by atoms with Crippen LogP contribution in [0.15, 0.2) is 30.5 Å². The lowest BCUT2D eigenvalue weighted by Gasteiger charge is -2.10. The molecular formula is C16H13Cl2N7O2S. The standard InChI is InChI=1S/C16H13Cl2N7O2S/c1-2-19-16(28)24-13-4-3-10-15(22-13)23-14(7-20-10)21-11-5-9(18)12(25(26)27)6-8(11)17/h3-7H,2H2,1H3,(H3,19,21,22,23,24,28). The van der Waals surface area contributed by atoms with Crippen LogP contribution in [0, 0.1) is 10.1 Å². The van der Waals surface area contributed by atoms with Crippen molar-refractivity contribution < 1.29 is 4.92 Å². The summed E-state index contributed by atoms with van der Waals surface area (Å²) in [6, 6.07) is 6.02. The number of aromatic nitrogens is 3. The van der Waals surface area contributed by atoms with Gasteiger partial charge in [-0.15, -0.1) is 0 Å². The first-order valence-electron chi connectivity index (χ1n) is 7.96. The second kappa shape index (κ2) is 8.46. The number of nitro groups is 1. The van der Waals surface area contributed by atoms with Gasteiger partial charge in [0, 0.05) is 12.6 Å². The number of hydrogen-bond acceptors (Lipinski definition) is 7. The van der Waals surface area contributed by atoms with Crippen LogP contribution in [0.2, 0.25) is 10.0 Å². The molecule has 2 heterocycles. The fraction of sp³-hybridized carbons (Fsp3) is 0.125. The molecule has 3 aromatic rings. The van der Waals surface area contributed by atoms with Gasteiger partial charge in [-0.25, -0.2) is 15.0 Å². The van der Waals surface area contributed by atoms with Crippen molar-refractivity contribution >= 4 is 74.7 Å². The largest absolute Gasteiger partial charge is 0.363 e. The van der Waals surface area contributed by atoms with E-state index in [1.54, 1.807) is 12.1 Å². The van der Waals surface area contributed by atoms with Crippen LogP contribution in [0.25, 0.3) is 11.2 Å². The van der Waals surface area contributed by atoms with Gasteiger partial charge in [-0.1, -0.05) is 23.2 Å². The first-order chi connectivity index (χ1) is 13.4. The van der Waals surface area contributed by atoms with Gasteiger partial charge in [0.25, 0.3) is 5.69 Å². The summed E-state index contributed by atoms with van der Waals surface area (Å²) in [6.45, 7) is 2.62. The Morgan fingerprint density at radius 1 is 1.21 bits per heavy atom. The van der Waals surface area contributed by atoms with E-state index in [1.165, 1.54) is 18.3 Å². The van der Waals surface area contributed by atoms with E-state index >= 15 is 0 Å². The van der Waals surface area contributed by atoms with E-state index in [9.17, 15) is 10.1 Å². The van der Waals surface area contributed by atoms with Crippen molar-refractivity contribution in [2.45, 2.75) is 6.92 Å². The minimum Gasteiger partial charge on any atom is -0.363 e. The van der Waals surface area contributed by atoms with Crippen LogP contribution >= 0.6 is 35.4 Å². The molecule has 0 saturated heterocycles. The van der Waals surface area contributed by atoms with Crippen LogP contribution < -0.4 is 16.0 Å². The highest BCUT2D eigenvalue weighted by atomic mass is 35.5. The Kier molecular flexibility index (Phi) is 6.02. The number of halogens is 2. The van der Waals surface area contributed by atoms with E-state index < -0.39 is 4.92 Å². The molecule has 0 fully saturated rings. The summed E-state index contributed by atoms with van der Waals surface area (Å²) in [7, 11) is 0. The lowest BCUT2D eigenvalue weighted by Crippen LogP contribution is -2.28. The van der Waals surface area contributed by atoms with Crippen LogP contribution in [0.5, 0.6) is 0 Å². The van der Waals surface area contributed by atoms with Gasteiger partial charge in [0.2, 0.25) is 0 Å². The van der Waals surface area contributed by atoms with Crippen molar-refractivity contribution in [1.82, 2.24) is 20.3 Å². The maximum absolute atomic E-state index is 10.9. The maximum Gasteiger partial charge on any atom is 0.289 e. The molecular weight excluding hydrogens is 425 g/mol. The number of anilines is 3. The van der Waals surface area contributed by atoms with Crippen LogP contribution in [-0.4, -0.2) is 31.5 Å². The number of hydrogen-bond donors (Lipinski definition) is 3. The summed E-state index contributed by atoms with van der Waals surface area (Å²) in [5.74, 6) is 0.861. The Morgan fingerprint density at radius 2 is 1.96 bits per heavy atom. The number of fused-ring (bicyclic) bond motifs is 1. The Balaban J connectivity index is 1.88. The number of nitro benzene ring substituents is 1. The summed E-state index contributed by atoms with van der Waals surface area (Å²) in [5.41, 5.74) is 1.03. The molecule has 0 aliphatic heterocycles. The van der Waals surface area contributed by atoms with Gasteiger partial charge in [-0.2, -0.15) is 0 Å². The second-order valence-electron chi connectivity index (χ2n) is 5.44. The number of nitrogens with one attached hydrogen (secondary N) is 3. The summed E-state index contributed by atoms with van der Waals surface area (Å²) in [6.07, 6.45) is 1.49. The zero-order valence-electron chi connectivity index (χ0n) is 14.4. The quantitative estimate of drug-likeness (QED) is 0.305. The van der Waals surface area contributed by atoms with Crippen LogP contribution in [0.4, 0.5) is 23.0 Å². The van der Waals surface area contributed by atoms with E-state index in [2.05, 4.69) is 30.9 Å². The zero-order chi connectivity index (χ0) is 20.3. The van der Waals surface area contributed by atoms with Gasteiger partial charge in [0.05, 0.1) is 21.8 Å². The molecule has 1 aromatic carbocycles. The molecule has 0 atom stereocenters. The lowest BCUT2D eigenvalue weighted by atomic mass is 10.2. The fourth-order valence-corrected chi connectivity index (χ4v) is 2.95. The van der Waals surface area contributed by atoms with Crippen LogP contribution in [0.3, 0.4) is 0 Å². The molecule has 0 aliphatic rings. The molecule has 0 aliphatic carbocycles. The average molecular weight is 438 g/mol. The Morgan fingerprint density at radius 3 is 2.68 bits per heavy atom. The second-order valence-corrected chi connectivity index (χ2v) is 6.67. The SMILES string of the molecule is CCNC(=S)Nc1ccc2ncc(Nc3cc(Cl)c([N+](=O)[O-])cc3Cl)nc2n1. The van der Waals surface area contributed by atoms with Crippen molar-refractivity contribution in [2.75, 3.05) is 17.2 Å². The fourth-order valence-electron chi connectivity index (χ4n) is 2.26. The molecule has 3 N–H and O–H groups in total. The van der Waals surface area contributed by atoms with Crippen molar-refractivity contribution in [3.8, 4) is 0 Å². The topological polar surface area (TPSA) is 118 Å². The predicted molar refractivity (Wildman–Crippen MR) is 114 cm³/mol. The molecule has 144 valence electrons. The molecule has 28 heavy (non-hydrogen) atoms. The van der Waals surface area contributed by atoms with Crippen molar-refractivity contribution in [2.24, 2.45) is 0 Å². The third kappa shape index (κ3) is 4.53. The number of nitrogens with zero attached hydrogens (tertiary/aromatic N) is 4. The zero-order valence-corrected chi connectivity index (χ0v) is 16.7. The maximum atomic E-state index is 10.9. The summed E-state index contributed by atoms with van der Waals surface area (Å²) in [4.78, 5) is 23.4. The van der Waals surface area contributed by atoms with Gasteiger partial charge in [0.1, 0.15) is 16.4 Å². The highest BCUT2D eigenvalue weighted by Crippen LogP contribution is 2.35. The third-order valence-corrected chi connectivity index (χ3v) is 4.34. The minimum absolute atomic E-state index is 0.0489. The molecule has 9 nitrogen and oxygen atoms in total. The summed E-state index contributed by atoms with van der Waals surface area (Å²) < 4.78 is 0. The molecule has 3 rings (SSSR count). The molecule has 0 saturated carbocycles. The normalized spacial score (nSPS) is 10.5. The Bertz CT molecular complexity index is 1080. The highest BCUT2D eigenvalue weighted by Gasteiger charge is 2.16. The predicted octanol–water partition coefficient (Wildman–Crippen LogP) is 4.29. The van der Waals surface area contributed by atoms with Crippen molar-refractivity contribution in [3.05, 3.63) is 50.6 Å². The molecule has 0 radical (unpaired) electrons. The first-order valence-corrected chi connectivity index (χ1v) is 9.13. The minimum atomic E-state index is -0.607. The monoisotopic (exact) mass is 437 g/mol. The Hall–Kier alpha value is -2.82. The van der Waals surface area contributed by atoms with E-state index in [0.29, 0.717) is 40.1 Å². The molecule has 2 aromatic heterocycles.